The van der Waals surface area contributed by atoms with E-state index in [1.165, 1.54) is 0 Å². The second-order valence-corrected chi connectivity index (χ2v) is 15.4. The molecule has 2 nitrogen and oxygen atoms in total. The van der Waals surface area contributed by atoms with Crippen molar-refractivity contribution in [1.29, 1.82) is 0 Å². The fourth-order valence-corrected chi connectivity index (χ4v) is 9.78. The Morgan fingerprint density at radius 3 is 1.98 bits per heavy atom. The standard InChI is InChI=1S/C54H34N2S/c1-3-14-35(15-4-1)40-18-7-10-22-47(40)56-50-31-27-38(33-46(50)54-41(21-13-24-51(54)56)36-16-5-2-6-17-36)37-26-30-49-45(32-37)42-19-8-11-23-48(42)55(49)39-28-29-44-43-20-9-12-25-52(43)57-53(44)34-39/h1-34H/i8D,11D,19D,23D,26D,30D,32D. The summed E-state index contributed by atoms with van der Waals surface area (Å²) in [6, 6.07) is 53.4. The Morgan fingerprint density at radius 2 is 1.11 bits per heavy atom. The van der Waals surface area contributed by atoms with Crippen molar-refractivity contribution in [3.8, 4) is 44.8 Å². The summed E-state index contributed by atoms with van der Waals surface area (Å²) in [5, 5.41) is 4.43. The van der Waals surface area contributed by atoms with Crippen LogP contribution in [-0.2, 0) is 0 Å². The van der Waals surface area contributed by atoms with E-state index in [4.69, 9.17) is 2.74 Å². The number of fused-ring (bicyclic) bond motifs is 9. The van der Waals surface area contributed by atoms with Crippen LogP contribution in [0.15, 0.2) is 206 Å². The first kappa shape index (κ1) is 25.8. The Morgan fingerprint density at radius 1 is 0.386 bits per heavy atom. The molecule has 3 heterocycles. The van der Waals surface area contributed by atoms with Crippen LogP contribution >= 0.6 is 11.3 Å². The van der Waals surface area contributed by atoms with Crippen LogP contribution < -0.4 is 0 Å². The lowest BCUT2D eigenvalue weighted by atomic mass is 9.97. The minimum Gasteiger partial charge on any atom is -0.309 e. The van der Waals surface area contributed by atoms with E-state index >= 15 is 0 Å². The highest BCUT2D eigenvalue weighted by Gasteiger charge is 2.20. The number of hydrogen-bond donors (Lipinski definition) is 0. The number of rotatable bonds is 5. The molecule has 0 fully saturated rings. The molecular formula is C54H34N2S. The average molecular weight is 750 g/mol. The molecule has 0 N–H and O–H groups in total. The summed E-state index contributed by atoms with van der Waals surface area (Å²) in [6.07, 6.45) is 0. The Labute approximate surface area is 343 Å². The molecule has 0 amide bonds. The van der Waals surface area contributed by atoms with Gasteiger partial charge in [-0.25, -0.2) is 0 Å². The molecule has 266 valence electrons. The summed E-state index contributed by atoms with van der Waals surface area (Å²) < 4.78 is 71.5. The second kappa shape index (κ2) is 12.7. The topological polar surface area (TPSA) is 9.86 Å². The Balaban J connectivity index is 1.17. The summed E-state index contributed by atoms with van der Waals surface area (Å²) in [7, 11) is 0. The highest BCUT2D eigenvalue weighted by atomic mass is 32.1. The van der Waals surface area contributed by atoms with E-state index in [9.17, 15) is 6.85 Å². The van der Waals surface area contributed by atoms with E-state index in [2.05, 4.69) is 71.3 Å². The van der Waals surface area contributed by atoms with Crippen molar-refractivity contribution in [2.24, 2.45) is 0 Å². The molecular weight excluding hydrogens is 709 g/mol. The van der Waals surface area contributed by atoms with Gasteiger partial charge in [-0.2, -0.15) is 0 Å². The predicted molar refractivity (Wildman–Crippen MR) is 244 cm³/mol. The van der Waals surface area contributed by atoms with Crippen LogP contribution in [0.5, 0.6) is 0 Å². The molecule has 0 unspecified atom stereocenters. The monoisotopic (exact) mass is 749 g/mol. The second-order valence-electron chi connectivity index (χ2n) is 14.3. The van der Waals surface area contributed by atoms with Crippen LogP contribution in [0.25, 0.3) is 109 Å². The van der Waals surface area contributed by atoms with Gasteiger partial charge in [0.15, 0.2) is 0 Å². The van der Waals surface area contributed by atoms with Crippen LogP contribution in [0.3, 0.4) is 0 Å². The Kier molecular flexibility index (Phi) is 5.74. The summed E-state index contributed by atoms with van der Waals surface area (Å²) >= 11 is 1.62. The fraction of sp³-hybridized carbons (Fsp3) is 0. The van der Waals surface area contributed by atoms with Crippen molar-refractivity contribution >= 4 is 75.1 Å². The van der Waals surface area contributed by atoms with Gasteiger partial charge < -0.3 is 9.13 Å². The quantitative estimate of drug-likeness (QED) is 0.166. The van der Waals surface area contributed by atoms with E-state index in [-0.39, 0.29) is 57.6 Å². The zero-order valence-corrected chi connectivity index (χ0v) is 31.2. The highest BCUT2D eigenvalue weighted by molar-refractivity contribution is 7.25. The molecule has 0 aliphatic carbocycles. The normalized spacial score (nSPS) is 13.6. The molecule has 12 aromatic rings. The molecule has 0 radical (unpaired) electrons. The van der Waals surface area contributed by atoms with Crippen molar-refractivity contribution in [3.05, 3.63) is 206 Å². The molecule has 0 bridgehead atoms. The van der Waals surface area contributed by atoms with Gasteiger partial charge in [-0.15, -0.1) is 11.3 Å². The predicted octanol–water partition coefficient (Wildman–Crippen LogP) is 15.2. The van der Waals surface area contributed by atoms with Gasteiger partial charge in [-0.05, 0) is 88.4 Å². The van der Waals surface area contributed by atoms with Gasteiger partial charge in [0.2, 0.25) is 0 Å². The average Bonchev–Trinajstić information content (AvgIpc) is 4.01. The number of nitrogens with zero attached hydrogens (tertiary/aromatic N) is 2. The van der Waals surface area contributed by atoms with Gasteiger partial charge >= 0.3 is 0 Å². The largest absolute Gasteiger partial charge is 0.309 e. The zero-order valence-electron chi connectivity index (χ0n) is 37.4. The molecule has 57 heavy (non-hydrogen) atoms. The van der Waals surface area contributed by atoms with Gasteiger partial charge in [-0.1, -0.05) is 145 Å². The maximum Gasteiger partial charge on any atom is 0.0645 e. The van der Waals surface area contributed by atoms with Gasteiger partial charge in [0, 0.05) is 53.0 Å². The third-order valence-corrected chi connectivity index (χ3v) is 12.3. The van der Waals surface area contributed by atoms with Gasteiger partial charge in [-0.3, -0.25) is 0 Å². The number of benzene rings is 9. The van der Waals surface area contributed by atoms with E-state index in [1.807, 2.05) is 97.1 Å². The van der Waals surface area contributed by atoms with E-state index in [1.54, 1.807) is 15.9 Å². The maximum absolute atomic E-state index is 10.0. The Hall–Kier alpha value is -7.20. The SMILES string of the molecule is [2H]c1c([2H])c([2H])c2c(c1[2H])c1c([2H])c(-c3ccc4c(c3)c3c(-c5ccccc5)cccc3n4-c3ccccc3-c3ccccc3)c([2H])c([2H])c1n2-c1ccc2c(c1)sc1ccccc12. The first-order valence-corrected chi connectivity index (χ1v) is 19.8. The number of thiophene rings is 1. The molecule has 0 saturated heterocycles. The van der Waals surface area contributed by atoms with Gasteiger partial charge in [0.05, 0.1) is 37.3 Å². The van der Waals surface area contributed by atoms with Crippen molar-refractivity contribution in [2.45, 2.75) is 0 Å². The minimum atomic E-state index is -0.419. The van der Waals surface area contributed by atoms with E-state index in [0.29, 0.717) is 11.3 Å². The Bertz CT molecular complexity index is 3930. The van der Waals surface area contributed by atoms with Gasteiger partial charge in [0.1, 0.15) is 0 Å². The lowest BCUT2D eigenvalue weighted by molar-refractivity contribution is 1.18. The summed E-state index contributed by atoms with van der Waals surface area (Å²) in [5.41, 5.74) is 8.86. The molecule has 0 saturated carbocycles. The first-order valence-electron chi connectivity index (χ1n) is 22.4. The van der Waals surface area contributed by atoms with Crippen LogP contribution in [0.2, 0.25) is 0 Å². The smallest absolute Gasteiger partial charge is 0.0645 e. The van der Waals surface area contributed by atoms with Crippen molar-refractivity contribution in [3.63, 3.8) is 0 Å². The molecule has 0 aliphatic rings. The third kappa shape index (κ3) is 4.96. The number of hydrogen-bond acceptors (Lipinski definition) is 1. The lowest BCUT2D eigenvalue weighted by Gasteiger charge is -2.14. The van der Waals surface area contributed by atoms with Gasteiger partial charge in [0.25, 0.3) is 0 Å². The van der Waals surface area contributed by atoms with Crippen molar-refractivity contribution in [2.75, 3.05) is 0 Å². The maximum atomic E-state index is 10.0. The van der Waals surface area contributed by atoms with E-state index < -0.39 is 12.1 Å². The van der Waals surface area contributed by atoms with Crippen molar-refractivity contribution in [1.82, 2.24) is 9.13 Å². The highest BCUT2D eigenvalue weighted by Crippen LogP contribution is 2.43. The molecule has 3 aromatic heterocycles. The minimum absolute atomic E-state index is 0.0754. The molecule has 0 spiro atoms. The fourth-order valence-electron chi connectivity index (χ4n) is 8.65. The number of para-hydroxylation sites is 2. The zero-order chi connectivity index (χ0) is 43.5. The molecule has 0 aliphatic heterocycles. The first-order chi connectivity index (χ1) is 31.2. The molecule has 9 aromatic carbocycles. The molecule has 3 heteroatoms. The van der Waals surface area contributed by atoms with E-state index in [0.717, 1.165) is 69.9 Å². The van der Waals surface area contributed by atoms with Crippen LogP contribution in [-0.4, -0.2) is 9.13 Å². The summed E-state index contributed by atoms with van der Waals surface area (Å²) in [4.78, 5) is 0. The van der Waals surface area contributed by atoms with Crippen molar-refractivity contribution < 1.29 is 9.60 Å². The molecule has 0 atom stereocenters. The molecule has 12 rings (SSSR count). The van der Waals surface area contributed by atoms with Crippen LogP contribution in [0, 0.1) is 0 Å². The summed E-state index contributed by atoms with van der Waals surface area (Å²) in [6.45, 7) is 0. The van der Waals surface area contributed by atoms with Crippen LogP contribution in [0.1, 0.15) is 9.60 Å². The van der Waals surface area contributed by atoms with Crippen LogP contribution in [0.4, 0.5) is 0 Å². The lowest BCUT2D eigenvalue weighted by Crippen LogP contribution is -1.97. The number of aromatic nitrogens is 2. The summed E-state index contributed by atoms with van der Waals surface area (Å²) in [5.74, 6) is 0. The third-order valence-electron chi connectivity index (χ3n) is 11.2.